The van der Waals surface area contributed by atoms with Crippen LogP contribution in [0, 0.1) is 10.1 Å². The molecule has 1 aliphatic rings. The van der Waals surface area contributed by atoms with Crippen LogP contribution in [0.15, 0.2) is 24.3 Å². The van der Waals surface area contributed by atoms with Crippen LogP contribution in [-0.2, 0) is 6.54 Å². The Bertz CT molecular complexity index is 402. The Morgan fingerprint density at radius 3 is 2.94 bits per heavy atom. The molecule has 1 saturated heterocycles. The lowest BCUT2D eigenvalue weighted by atomic mass is 10.1. The minimum atomic E-state index is -0.309. The molecule has 1 unspecified atom stereocenters. The highest BCUT2D eigenvalue weighted by Gasteiger charge is 2.21. The number of nitrogens with one attached hydrogen (secondary N) is 1. The van der Waals surface area contributed by atoms with Crippen molar-refractivity contribution in [3.63, 3.8) is 0 Å². The molecule has 1 atom stereocenters. The maximum absolute atomic E-state index is 10.9. The highest BCUT2D eigenvalue weighted by molar-refractivity contribution is 5.39. The average molecular weight is 235 g/mol. The van der Waals surface area contributed by atoms with E-state index in [1.165, 1.54) is 0 Å². The highest BCUT2D eigenvalue weighted by Crippen LogP contribution is 2.20. The Hall–Kier alpha value is -1.46. The van der Waals surface area contributed by atoms with Crippen LogP contribution in [0.5, 0.6) is 0 Å². The molecule has 0 spiro atoms. The molecule has 0 aliphatic carbocycles. The Balaban J connectivity index is 2.09. The van der Waals surface area contributed by atoms with Gasteiger partial charge in [0.25, 0.3) is 5.69 Å². The first-order valence-electron chi connectivity index (χ1n) is 5.81. The van der Waals surface area contributed by atoms with E-state index in [1.54, 1.807) is 12.1 Å². The van der Waals surface area contributed by atoms with Gasteiger partial charge in [-0.1, -0.05) is 18.2 Å². The van der Waals surface area contributed by atoms with E-state index in [0.29, 0.717) is 12.6 Å². The van der Waals surface area contributed by atoms with E-state index in [9.17, 15) is 10.1 Å². The average Bonchev–Trinajstić information content (AvgIpc) is 2.83. The zero-order valence-electron chi connectivity index (χ0n) is 9.93. The fourth-order valence-electron chi connectivity index (χ4n) is 2.24. The van der Waals surface area contributed by atoms with Gasteiger partial charge in [-0.05, 0) is 20.0 Å². The summed E-state index contributed by atoms with van der Waals surface area (Å²) in [4.78, 5) is 12.8. The van der Waals surface area contributed by atoms with Gasteiger partial charge in [-0.15, -0.1) is 0 Å². The molecule has 0 bridgehead atoms. The first-order chi connectivity index (χ1) is 8.18. The predicted octanol–water partition coefficient (Wildman–Crippen LogP) is 1.39. The molecular weight excluding hydrogens is 218 g/mol. The van der Waals surface area contributed by atoms with Gasteiger partial charge in [0.05, 0.1) is 4.92 Å². The number of nitro benzene ring substituents is 1. The molecule has 1 aromatic carbocycles. The van der Waals surface area contributed by atoms with E-state index < -0.39 is 0 Å². The van der Waals surface area contributed by atoms with Crippen molar-refractivity contribution >= 4 is 5.69 Å². The Morgan fingerprint density at radius 1 is 1.53 bits per heavy atom. The molecule has 1 heterocycles. The van der Waals surface area contributed by atoms with Gasteiger partial charge in [-0.3, -0.25) is 15.0 Å². The Labute approximate surface area is 101 Å². The van der Waals surface area contributed by atoms with Gasteiger partial charge in [0.1, 0.15) is 0 Å². The SMILES string of the molecule is CN(Cc1ccccc1[N+](=O)[O-])C1CCNC1. The van der Waals surface area contributed by atoms with E-state index in [2.05, 4.69) is 10.2 Å². The lowest BCUT2D eigenvalue weighted by Gasteiger charge is -2.23. The van der Waals surface area contributed by atoms with Crippen molar-refractivity contribution in [1.29, 1.82) is 0 Å². The molecule has 92 valence electrons. The zero-order chi connectivity index (χ0) is 12.3. The van der Waals surface area contributed by atoms with Crippen LogP contribution < -0.4 is 5.32 Å². The summed E-state index contributed by atoms with van der Waals surface area (Å²) in [6.45, 7) is 2.63. The van der Waals surface area contributed by atoms with Gasteiger partial charge < -0.3 is 5.32 Å². The zero-order valence-corrected chi connectivity index (χ0v) is 9.93. The molecule has 17 heavy (non-hydrogen) atoms. The van der Waals surface area contributed by atoms with Gasteiger partial charge in [-0.25, -0.2) is 0 Å². The summed E-state index contributed by atoms with van der Waals surface area (Å²) in [6.07, 6.45) is 1.11. The summed E-state index contributed by atoms with van der Waals surface area (Å²) in [7, 11) is 2.02. The van der Waals surface area contributed by atoms with Gasteiger partial charge >= 0.3 is 0 Å². The van der Waals surface area contributed by atoms with Crippen molar-refractivity contribution in [1.82, 2.24) is 10.2 Å². The van der Waals surface area contributed by atoms with Crippen molar-refractivity contribution < 1.29 is 4.92 Å². The fraction of sp³-hybridized carbons (Fsp3) is 0.500. The second-order valence-corrected chi connectivity index (χ2v) is 4.45. The molecule has 2 rings (SSSR count). The van der Waals surface area contributed by atoms with Crippen LogP contribution in [0.1, 0.15) is 12.0 Å². The van der Waals surface area contributed by atoms with E-state index >= 15 is 0 Å². The summed E-state index contributed by atoms with van der Waals surface area (Å²) in [5, 5.41) is 14.2. The molecule has 5 heteroatoms. The smallest absolute Gasteiger partial charge is 0.273 e. The topological polar surface area (TPSA) is 58.4 Å². The van der Waals surface area contributed by atoms with Gasteiger partial charge in [0.2, 0.25) is 0 Å². The van der Waals surface area contributed by atoms with Crippen molar-refractivity contribution in [2.45, 2.75) is 19.0 Å². The summed E-state index contributed by atoms with van der Waals surface area (Å²) in [6, 6.07) is 7.43. The maximum Gasteiger partial charge on any atom is 0.273 e. The van der Waals surface area contributed by atoms with E-state index in [-0.39, 0.29) is 10.6 Å². The van der Waals surface area contributed by atoms with Gasteiger partial charge in [0.15, 0.2) is 0 Å². The van der Waals surface area contributed by atoms with Gasteiger partial charge in [0, 0.05) is 30.8 Å². The second kappa shape index (κ2) is 5.25. The Morgan fingerprint density at radius 2 is 2.29 bits per heavy atom. The van der Waals surface area contributed by atoms with Crippen LogP contribution in [0.4, 0.5) is 5.69 Å². The standard InChI is InChI=1S/C12H17N3O2/c1-14(11-6-7-13-8-11)9-10-4-2-3-5-12(10)15(16)17/h2-5,11,13H,6-9H2,1H3. The summed E-state index contributed by atoms with van der Waals surface area (Å²) in [5.41, 5.74) is 0.997. The normalized spacial score (nSPS) is 19.8. The van der Waals surface area contributed by atoms with E-state index in [0.717, 1.165) is 25.1 Å². The molecule has 0 radical (unpaired) electrons. The molecular formula is C12H17N3O2. The summed E-state index contributed by atoms with van der Waals surface area (Å²) >= 11 is 0. The number of benzene rings is 1. The van der Waals surface area contributed by atoms with Crippen molar-refractivity contribution in [2.24, 2.45) is 0 Å². The minimum absolute atomic E-state index is 0.213. The maximum atomic E-state index is 10.9. The predicted molar refractivity (Wildman–Crippen MR) is 65.8 cm³/mol. The molecule has 1 aliphatic heterocycles. The van der Waals surface area contributed by atoms with Crippen molar-refractivity contribution in [3.05, 3.63) is 39.9 Å². The first-order valence-corrected chi connectivity index (χ1v) is 5.81. The van der Waals surface area contributed by atoms with Crippen LogP contribution >= 0.6 is 0 Å². The van der Waals surface area contributed by atoms with Crippen LogP contribution in [0.25, 0.3) is 0 Å². The number of nitrogens with zero attached hydrogens (tertiary/aromatic N) is 2. The number of para-hydroxylation sites is 1. The fourth-order valence-corrected chi connectivity index (χ4v) is 2.24. The molecule has 1 aromatic rings. The van der Waals surface area contributed by atoms with Crippen LogP contribution in [0.2, 0.25) is 0 Å². The number of hydrogen-bond donors (Lipinski definition) is 1. The van der Waals surface area contributed by atoms with Crippen LogP contribution in [0.3, 0.4) is 0 Å². The summed E-state index contributed by atoms with van der Waals surface area (Å²) in [5.74, 6) is 0. The number of rotatable bonds is 4. The third-order valence-electron chi connectivity index (χ3n) is 3.27. The van der Waals surface area contributed by atoms with E-state index in [4.69, 9.17) is 0 Å². The third kappa shape index (κ3) is 2.81. The number of nitro groups is 1. The minimum Gasteiger partial charge on any atom is -0.315 e. The van der Waals surface area contributed by atoms with Crippen LogP contribution in [-0.4, -0.2) is 36.0 Å². The summed E-state index contributed by atoms with van der Waals surface area (Å²) < 4.78 is 0. The monoisotopic (exact) mass is 235 g/mol. The highest BCUT2D eigenvalue weighted by atomic mass is 16.6. The first kappa shape index (κ1) is 12.0. The third-order valence-corrected chi connectivity index (χ3v) is 3.27. The number of likely N-dealkylation sites (N-methyl/N-ethyl adjacent to an activating group) is 1. The van der Waals surface area contributed by atoms with Crippen molar-refractivity contribution in [3.8, 4) is 0 Å². The molecule has 1 fully saturated rings. The molecule has 0 amide bonds. The molecule has 0 saturated carbocycles. The van der Waals surface area contributed by atoms with Crippen molar-refractivity contribution in [2.75, 3.05) is 20.1 Å². The van der Waals surface area contributed by atoms with E-state index in [1.807, 2.05) is 19.2 Å². The lowest BCUT2D eigenvalue weighted by molar-refractivity contribution is -0.385. The Kier molecular flexibility index (Phi) is 3.71. The lowest BCUT2D eigenvalue weighted by Crippen LogP contribution is -2.33. The van der Waals surface area contributed by atoms with Gasteiger partial charge in [-0.2, -0.15) is 0 Å². The molecule has 0 aromatic heterocycles. The molecule has 1 N–H and O–H groups in total. The largest absolute Gasteiger partial charge is 0.315 e. The number of hydrogen-bond acceptors (Lipinski definition) is 4. The molecule has 5 nitrogen and oxygen atoms in total. The quantitative estimate of drug-likeness (QED) is 0.633. The second-order valence-electron chi connectivity index (χ2n) is 4.45.